The van der Waals surface area contributed by atoms with E-state index in [0.29, 0.717) is 24.1 Å². The summed E-state index contributed by atoms with van der Waals surface area (Å²) in [6, 6.07) is 7.82. The van der Waals surface area contributed by atoms with Crippen LogP contribution in [0.4, 0.5) is 0 Å². The Morgan fingerprint density at radius 2 is 2.29 bits per heavy atom. The average molecular weight is 286 g/mol. The molecule has 2 atom stereocenters. The van der Waals surface area contributed by atoms with Crippen LogP contribution in [0.15, 0.2) is 24.3 Å². The zero-order valence-corrected chi connectivity index (χ0v) is 12.6. The largest absolute Gasteiger partial charge is 0.350 e. The van der Waals surface area contributed by atoms with E-state index >= 15 is 0 Å². The van der Waals surface area contributed by atoms with Crippen molar-refractivity contribution >= 4 is 16.8 Å². The minimum absolute atomic E-state index is 0.0791. The predicted molar refractivity (Wildman–Crippen MR) is 83.2 cm³/mol. The first-order valence-corrected chi connectivity index (χ1v) is 7.57. The van der Waals surface area contributed by atoms with Crippen molar-refractivity contribution in [3.05, 3.63) is 30.0 Å². The van der Waals surface area contributed by atoms with E-state index in [9.17, 15) is 4.79 Å². The molecular formula is C16H22N4O. The van der Waals surface area contributed by atoms with Crippen molar-refractivity contribution in [2.75, 3.05) is 19.6 Å². The van der Waals surface area contributed by atoms with E-state index in [1.807, 2.05) is 31.3 Å². The first-order chi connectivity index (χ1) is 10.2. The lowest BCUT2D eigenvalue weighted by atomic mass is 9.88. The molecule has 0 saturated carbocycles. The van der Waals surface area contributed by atoms with Crippen molar-refractivity contribution in [2.45, 2.75) is 13.3 Å². The number of benzene rings is 1. The number of fused-ring (bicyclic) bond motifs is 1. The number of nitrogens with zero attached hydrogens (tertiary/aromatic N) is 2. The molecule has 2 unspecified atom stereocenters. The predicted octanol–water partition coefficient (Wildman–Crippen LogP) is 1.55. The van der Waals surface area contributed by atoms with Gasteiger partial charge in [-0.3, -0.25) is 9.48 Å². The molecule has 1 amide bonds. The second-order valence-corrected chi connectivity index (χ2v) is 5.93. The maximum Gasteiger partial charge on any atom is 0.272 e. The molecule has 1 aliphatic heterocycles. The normalized spacial score (nSPS) is 22.4. The minimum Gasteiger partial charge on any atom is -0.350 e. The van der Waals surface area contributed by atoms with Gasteiger partial charge in [0.05, 0.1) is 5.52 Å². The first kappa shape index (κ1) is 14.1. The molecule has 1 aromatic carbocycles. The molecular weight excluding hydrogens is 264 g/mol. The molecule has 1 aliphatic rings. The molecule has 2 N–H and O–H groups in total. The van der Waals surface area contributed by atoms with Gasteiger partial charge in [-0.15, -0.1) is 0 Å². The molecule has 0 bridgehead atoms. The number of hydrogen-bond donors (Lipinski definition) is 2. The van der Waals surface area contributed by atoms with Crippen molar-refractivity contribution in [3.63, 3.8) is 0 Å². The minimum atomic E-state index is -0.0791. The van der Waals surface area contributed by atoms with Crippen LogP contribution in [0.3, 0.4) is 0 Å². The zero-order valence-electron chi connectivity index (χ0n) is 12.6. The smallest absolute Gasteiger partial charge is 0.272 e. The topological polar surface area (TPSA) is 58.9 Å². The van der Waals surface area contributed by atoms with E-state index < -0.39 is 0 Å². The van der Waals surface area contributed by atoms with Crippen LogP contribution in [-0.2, 0) is 7.05 Å². The Labute approximate surface area is 124 Å². The van der Waals surface area contributed by atoms with Crippen LogP contribution in [0.1, 0.15) is 23.8 Å². The van der Waals surface area contributed by atoms with Crippen LogP contribution < -0.4 is 10.6 Å². The number of carbonyl (C=O) groups is 1. The molecule has 5 heteroatoms. The van der Waals surface area contributed by atoms with E-state index in [1.165, 1.54) is 6.42 Å². The fraction of sp³-hybridized carbons (Fsp3) is 0.500. The molecule has 2 heterocycles. The number of aryl methyl sites for hydroxylation is 1. The van der Waals surface area contributed by atoms with E-state index in [2.05, 4.69) is 22.7 Å². The Hall–Kier alpha value is -1.88. The maximum absolute atomic E-state index is 12.4. The Morgan fingerprint density at radius 1 is 1.48 bits per heavy atom. The Kier molecular flexibility index (Phi) is 3.92. The summed E-state index contributed by atoms with van der Waals surface area (Å²) in [5.41, 5.74) is 1.50. The molecule has 0 spiro atoms. The number of amides is 1. The quantitative estimate of drug-likeness (QED) is 0.900. The van der Waals surface area contributed by atoms with Crippen LogP contribution >= 0.6 is 0 Å². The van der Waals surface area contributed by atoms with Crippen molar-refractivity contribution in [1.29, 1.82) is 0 Å². The van der Waals surface area contributed by atoms with E-state index in [4.69, 9.17) is 0 Å². The van der Waals surface area contributed by atoms with Crippen LogP contribution in [0.5, 0.6) is 0 Å². The molecule has 112 valence electrons. The maximum atomic E-state index is 12.4. The second-order valence-electron chi connectivity index (χ2n) is 5.93. The number of aromatic nitrogens is 2. The Balaban J connectivity index is 1.72. The summed E-state index contributed by atoms with van der Waals surface area (Å²) >= 11 is 0. The molecule has 0 radical (unpaired) electrons. The lowest BCUT2D eigenvalue weighted by molar-refractivity contribution is 0.0934. The lowest BCUT2D eigenvalue weighted by Crippen LogP contribution is -2.42. The summed E-state index contributed by atoms with van der Waals surface area (Å²) in [4.78, 5) is 12.4. The third kappa shape index (κ3) is 2.78. The number of carbonyl (C=O) groups excluding carboxylic acids is 1. The van der Waals surface area contributed by atoms with Crippen LogP contribution in [0, 0.1) is 11.8 Å². The first-order valence-electron chi connectivity index (χ1n) is 7.57. The fourth-order valence-corrected chi connectivity index (χ4v) is 3.02. The van der Waals surface area contributed by atoms with Crippen molar-refractivity contribution in [2.24, 2.45) is 18.9 Å². The highest BCUT2D eigenvalue weighted by Crippen LogP contribution is 2.19. The van der Waals surface area contributed by atoms with E-state index in [-0.39, 0.29) is 5.91 Å². The molecule has 0 aliphatic carbocycles. The van der Waals surface area contributed by atoms with Crippen molar-refractivity contribution in [1.82, 2.24) is 20.4 Å². The zero-order chi connectivity index (χ0) is 14.8. The summed E-state index contributed by atoms with van der Waals surface area (Å²) in [5.74, 6) is 1.06. The van der Waals surface area contributed by atoms with Gasteiger partial charge in [0.15, 0.2) is 5.69 Å². The van der Waals surface area contributed by atoms with E-state index in [1.54, 1.807) is 4.68 Å². The summed E-state index contributed by atoms with van der Waals surface area (Å²) in [6.07, 6.45) is 1.17. The third-order valence-corrected chi connectivity index (χ3v) is 4.49. The van der Waals surface area contributed by atoms with Gasteiger partial charge in [0.2, 0.25) is 0 Å². The van der Waals surface area contributed by atoms with Gasteiger partial charge in [-0.05, 0) is 37.4 Å². The second kappa shape index (κ2) is 5.85. The van der Waals surface area contributed by atoms with Gasteiger partial charge in [0.1, 0.15) is 0 Å². The van der Waals surface area contributed by atoms with Gasteiger partial charge >= 0.3 is 0 Å². The SMILES string of the molecule is CC1CCNCC1CNC(=O)c1nn(C)c2ccccc12. The number of nitrogens with one attached hydrogen (secondary N) is 2. The fourth-order valence-electron chi connectivity index (χ4n) is 3.02. The number of piperidine rings is 1. The highest BCUT2D eigenvalue weighted by Gasteiger charge is 2.22. The Bertz CT molecular complexity index is 649. The van der Waals surface area contributed by atoms with E-state index in [0.717, 1.165) is 24.0 Å². The molecule has 1 saturated heterocycles. The van der Waals surface area contributed by atoms with Crippen molar-refractivity contribution in [3.8, 4) is 0 Å². The number of hydrogen-bond acceptors (Lipinski definition) is 3. The van der Waals surface area contributed by atoms with Gasteiger partial charge in [0.25, 0.3) is 5.91 Å². The van der Waals surface area contributed by atoms with Crippen molar-refractivity contribution < 1.29 is 4.79 Å². The highest BCUT2D eigenvalue weighted by atomic mass is 16.1. The molecule has 3 rings (SSSR count). The summed E-state index contributed by atoms with van der Waals surface area (Å²) in [5, 5.41) is 11.7. The Morgan fingerprint density at radius 3 is 3.10 bits per heavy atom. The highest BCUT2D eigenvalue weighted by molar-refractivity contribution is 6.04. The summed E-state index contributed by atoms with van der Waals surface area (Å²) in [6.45, 7) is 5.02. The van der Waals surface area contributed by atoms with Crippen LogP contribution in [0.2, 0.25) is 0 Å². The summed E-state index contributed by atoms with van der Waals surface area (Å²) < 4.78 is 1.76. The lowest BCUT2D eigenvalue weighted by Gasteiger charge is -2.29. The van der Waals surface area contributed by atoms with Crippen LogP contribution in [-0.4, -0.2) is 35.3 Å². The molecule has 1 aromatic heterocycles. The van der Waals surface area contributed by atoms with Gasteiger partial charge in [0, 0.05) is 19.0 Å². The average Bonchev–Trinajstić information content (AvgIpc) is 2.84. The summed E-state index contributed by atoms with van der Waals surface area (Å²) in [7, 11) is 1.87. The molecule has 21 heavy (non-hydrogen) atoms. The van der Waals surface area contributed by atoms with Gasteiger partial charge in [-0.1, -0.05) is 25.1 Å². The number of para-hydroxylation sites is 1. The molecule has 2 aromatic rings. The monoisotopic (exact) mass is 286 g/mol. The standard InChI is InChI=1S/C16H22N4O/c1-11-7-8-17-9-12(11)10-18-16(21)15-13-5-3-4-6-14(13)20(2)19-15/h3-6,11-12,17H,7-10H2,1-2H3,(H,18,21). The third-order valence-electron chi connectivity index (χ3n) is 4.49. The van der Waals surface area contributed by atoms with Gasteiger partial charge in [-0.25, -0.2) is 0 Å². The molecule has 5 nitrogen and oxygen atoms in total. The molecule has 1 fully saturated rings. The van der Waals surface area contributed by atoms with Gasteiger partial charge in [-0.2, -0.15) is 5.10 Å². The number of rotatable bonds is 3. The van der Waals surface area contributed by atoms with Gasteiger partial charge < -0.3 is 10.6 Å². The van der Waals surface area contributed by atoms with Crippen LogP contribution in [0.25, 0.3) is 10.9 Å².